The van der Waals surface area contributed by atoms with Gasteiger partial charge in [0.2, 0.25) is 5.91 Å². The van der Waals surface area contributed by atoms with Crippen LogP contribution in [0.2, 0.25) is 5.15 Å². The maximum absolute atomic E-state index is 12.5. The fourth-order valence-electron chi connectivity index (χ4n) is 5.14. The van der Waals surface area contributed by atoms with E-state index in [1.54, 1.807) is 13.3 Å². The minimum absolute atomic E-state index is 0.138. The summed E-state index contributed by atoms with van der Waals surface area (Å²) in [5, 5.41) is 8.20. The molecule has 3 N–H and O–H groups in total. The number of carbonyl (C=O) groups is 1. The van der Waals surface area contributed by atoms with Crippen LogP contribution in [0.15, 0.2) is 30.6 Å². The largest absolute Gasteiger partial charge is 0.495 e. The summed E-state index contributed by atoms with van der Waals surface area (Å²) in [6, 6.07) is 6.26. The molecule has 180 valence electrons. The van der Waals surface area contributed by atoms with Gasteiger partial charge in [-0.15, -0.1) is 0 Å². The first-order chi connectivity index (χ1) is 16.6. The minimum Gasteiger partial charge on any atom is -0.495 e. The molecule has 0 aromatic carbocycles. The van der Waals surface area contributed by atoms with E-state index in [0.29, 0.717) is 17.4 Å². The van der Waals surface area contributed by atoms with E-state index in [2.05, 4.69) is 30.5 Å². The molecule has 0 radical (unpaired) electrons. The molecule has 0 bridgehead atoms. The number of H-pyrrole nitrogens is 1. The van der Waals surface area contributed by atoms with Crippen molar-refractivity contribution in [2.45, 2.75) is 50.6 Å². The lowest BCUT2D eigenvalue weighted by atomic mass is 9.91. The predicted octanol–water partition coefficient (Wildman–Crippen LogP) is 4.22. The summed E-state index contributed by atoms with van der Waals surface area (Å²) in [6.45, 7) is 2.58. The summed E-state index contributed by atoms with van der Waals surface area (Å²) in [7, 11) is 1.63. The Labute approximate surface area is 204 Å². The number of amides is 1. The van der Waals surface area contributed by atoms with E-state index in [9.17, 15) is 4.79 Å². The number of halogens is 1. The zero-order valence-electron chi connectivity index (χ0n) is 19.4. The van der Waals surface area contributed by atoms with Gasteiger partial charge >= 0.3 is 0 Å². The van der Waals surface area contributed by atoms with Gasteiger partial charge in [0.15, 0.2) is 0 Å². The number of anilines is 1. The normalized spacial score (nSPS) is 21.0. The number of carbonyl (C=O) groups excluding carboxylic acids is 1. The predicted molar refractivity (Wildman–Crippen MR) is 134 cm³/mol. The third kappa shape index (κ3) is 5.28. The first-order valence-corrected chi connectivity index (χ1v) is 12.4. The van der Waals surface area contributed by atoms with Crippen molar-refractivity contribution >= 4 is 34.4 Å². The van der Waals surface area contributed by atoms with E-state index >= 15 is 0 Å². The zero-order valence-corrected chi connectivity index (χ0v) is 20.2. The van der Waals surface area contributed by atoms with Crippen LogP contribution in [0.3, 0.4) is 0 Å². The number of rotatable bonds is 7. The monoisotopic (exact) mass is 482 g/mol. The molecular formula is C25H31ClN6O2. The van der Waals surface area contributed by atoms with Gasteiger partial charge in [0.05, 0.1) is 19.9 Å². The third-order valence-corrected chi connectivity index (χ3v) is 7.00. The molecule has 2 unspecified atom stereocenters. The summed E-state index contributed by atoms with van der Waals surface area (Å²) in [6.07, 6.45) is 10.0. The molecule has 34 heavy (non-hydrogen) atoms. The van der Waals surface area contributed by atoms with Crippen molar-refractivity contribution < 1.29 is 9.53 Å². The summed E-state index contributed by atoms with van der Waals surface area (Å²) in [5.41, 5.74) is 2.73. The van der Waals surface area contributed by atoms with Gasteiger partial charge in [-0.05, 0) is 75.4 Å². The molecule has 2 atom stereocenters. The van der Waals surface area contributed by atoms with Gasteiger partial charge in [0, 0.05) is 29.2 Å². The molecular weight excluding hydrogens is 452 g/mol. The van der Waals surface area contributed by atoms with Crippen molar-refractivity contribution in [3.05, 3.63) is 35.7 Å². The number of aromatic amines is 1. The first kappa shape index (κ1) is 22.9. The van der Waals surface area contributed by atoms with Gasteiger partial charge in [-0.3, -0.25) is 9.69 Å². The van der Waals surface area contributed by atoms with Crippen LogP contribution >= 0.6 is 11.6 Å². The molecule has 1 amide bonds. The van der Waals surface area contributed by atoms with Crippen molar-refractivity contribution in [1.82, 2.24) is 25.2 Å². The standard InChI is InChI=1S/C25H31ClN6O2/c1-34-19-12-20-21(14-28-25(20)27-13-19)16-9-22(26)31-23(10-16)29-17-5-4-6-18(11-17)30-24(33)15-32-7-2-3-8-32/h9-10,12-14,17-18H,2-8,11,15H2,1H3,(H,27,28)(H,29,31)(H,30,33). The maximum Gasteiger partial charge on any atom is 0.234 e. The summed E-state index contributed by atoms with van der Waals surface area (Å²) in [4.78, 5) is 26.9. The van der Waals surface area contributed by atoms with Crippen molar-refractivity contribution in [2.24, 2.45) is 0 Å². The molecule has 3 aromatic rings. The second kappa shape index (κ2) is 10.2. The highest BCUT2D eigenvalue weighted by molar-refractivity contribution is 6.29. The molecule has 1 aliphatic carbocycles. The van der Waals surface area contributed by atoms with Gasteiger partial charge in [-0.25, -0.2) is 9.97 Å². The highest BCUT2D eigenvalue weighted by Gasteiger charge is 2.25. The Kier molecular flexibility index (Phi) is 6.87. The van der Waals surface area contributed by atoms with Crippen LogP contribution in [0.25, 0.3) is 22.2 Å². The van der Waals surface area contributed by atoms with Gasteiger partial charge in [-0.1, -0.05) is 11.6 Å². The average molecular weight is 483 g/mol. The smallest absolute Gasteiger partial charge is 0.234 e. The number of hydrogen-bond acceptors (Lipinski definition) is 6. The molecule has 4 heterocycles. The number of hydrogen-bond donors (Lipinski definition) is 3. The minimum atomic E-state index is 0.138. The lowest BCUT2D eigenvalue weighted by molar-refractivity contribution is -0.122. The zero-order chi connectivity index (χ0) is 23.5. The molecule has 2 fully saturated rings. The van der Waals surface area contributed by atoms with Crippen molar-refractivity contribution in [1.29, 1.82) is 0 Å². The Morgan fingerprint density at radius 1 is 1.21 bits per heavy atom. The number of nitrogens with one attached hydrogen (secondary N) is 3. The van der Waals surface area contributed by atoms with Gasteiger partial charge in [0.1, 0.15) is 22.4 Å². The quantitative estimate of drug-likeness (QED) is 0.436. The molecule has 5 rings (SSSR count). The van der Waals surface area contributed by atoms with E-state index in [1.807, 2.05) is 24.4 Å². The Hall–Kier alpha value is -2.84. The first-order valence-electron chi connectivity index (χ1n) is 12.0. The van der Waals surface area contributed by atoms with Crippen LogP contribution in [0, 0.1) is 0 Å². The number of nitrogens with zero attached hydrogens (tertiary/aromatic N) is 3. The SMILES string of the molecule is COc1cnc2[nH]cc(-c3cc(Cl)nc(NC4CCCC(NC(=O)CN5CCCC5)C4)c3)c2c1. The van der Waals surface area contributed by atoms with Crippen LogP contribution in [0.1, 0.15) is 38.5 Å². The van der Waals surface area contributed by atoms with E-state index < -0.39 is 0 Å². The lowest BCUT2D eigenvalue weighted by Crippen LogP contribution is -2.45. The second-order valence-electron chi connectivity index (χ2n) is 9.29. The summed E-state index contributed by atoms with van der Waals surface area (Å²) in [5.74, 6) is 1.58. The van der Waals surface area contributed by atoms with Gasteiger partial charge in [0.25, 0.3) is 0 Å². The van der Waals surface area contributed by atoms with Crippen LogP contribution in [-0.4, -0.2) is 64.6 Å². The molecule has 1 saturated heterocycles. The summed E-state index contributed by atoms with van der Waals surface area (Å²) < 4.78 is 5.35. The van der Waals surface area contributed by atoms with Crippen LogP contribution in [0.5, 0.6) is 5.75 Å². The molecule has 1 aliphatic heterocycles. The number of fused-ring (bicyclic) bond motifs is 1. The molecule has 8 nitrogen and oxygen atoms in total. The second-order valence-corrected chi connectivity index (χ2v) is 9.68. The van der Waals surface area contributed by atoms with Crippen molar-refractivity contribution in [3.63, 3.8) is 0 Å². The van der Waals surface area contributed by atoms with Crippen LogP contribution in [-0.2, 0) is 4.79 Å². The van der Waals surface area contributed by atoms with E-state index in [0.717, 1.165) is 66.8 Å². The Morgan fingerprint density at radius 2 is 2.03 bits per heavy atom. The number of ether oxygens (including phenoxy) is 1. The number of pyridine rings is 2. The fraction of sp³-hybridized carbons (Fsp3) is 0.480. The number of aromatic nitrogens is 3. The average Bonchev–Trinajstić information content (AvgIpc) is 3.48. The number of likely N-dealkylation sites (tertiary alicyclic amines) is 1. The highest BCUT2D eigenvalue weighted by atomic mass is 35.5. The lowest BCUT2D eigenvalue weighted by Gasteiger charge is -2.31. The molecule has 3 aromatic heterocycles. The molecule has 1 saturated carbocycles. The topological polar surface area (TPSA) is 95.2 Å². The molecule has 0 spiro atoms. The van der Waals surface area contributed by atoms with Crippen LogP contribution < -0.4 is 15.4 Å². The Morgan fingerprint density at radius 3 is 2.85 bits per heavy atom. The van der Waals surface area contributed by atoms with Gasteiger partial charge < -0.3 is 20.4 Å². The fourth-order valence-corrected chi connectivity index (χ4v) is 5.35. The van der Waals surface area contributed by atoms with E-state index in [4.69, 9.17) is 16.3 Å². The van der Waals surface area contributed by atoms with Crippen molar-refractivity contribution in [2.75, 3.05) is 32.1 Å². The number of methoxy groups -OCH3 is 1. The Balaban J connectivity index is 1.27. The highest BCUT2D eigenvalue weighted by Crippen LogP contribution is 2.33. The van der Waals surface area contributed by atoms with Crippen molar-refractivity contribution in [3.8, 4) is 16.9 Å². The molecule has 2 aliphatic rings. The van der Waals surface area contributed by atoms with E-state index in [1.165, 1.54) is 12.8 Å². The summed E-state index contributed by atoms with van der Waals surface area (Å²) >= 11 is 6.41. The van der Waals surface area contributed by atoms with Crippen LogP contribution in [0.4, 0.5) is 5.82 Å². The molecule has 9 heteroatoms. The van der Waals surface area contributed by atoms with E-state index in [-0.39, 0.29) is 18.0 Å². The third-order valence-electron chi connectivity index (χ3n) is 6.80. The maximum atomic E-state index is 12.5. The Bertz CT molecular complexity index is 1160. The van der Waals surface area contributed by atoms with Gasteiger partial charge in [-0.2, -0.15) is 0 Å².